The van der Waals surface area contributed by atoms with Crippen LogP contribution in [-0.2, 0) is 26.6 Å². The minimum atomic E-state index is -1.11. The monoisotopic (exact) mass is 730 g/mol. The van der Waals surface area contributed by atoms with Crippen LogP contribution in [0.25, 0.3) is 48.7 Å². The number of nitrogens with one attached hydrogen (secondary N) is 2. The van der Waals surface area contributed by atoms with E-state index in [2.05, 4.69) is 10.6 Å². The van der Waals surface area contributed by atoms with Gasteiger partial charge in [0.1, 0.15) is 17.5 Å². The molecular weight excluding hydrogens is 701 g/mol. The average Bonchev–Trinajstić information content (AvgIpc) is 3.23. The molecule has 3 aliphatic rings. The van der Waals surface area contributed by atoms with E-state index >= 15 is 0 Å². The number of carboxylic acid groups (broad SMARTS) is 2. The highest BCUT2D eigenvalue weighted by molar-refractivity contribution is 8.00. The summed E-state index contributed by atoms with van der Waals surface area (Å²) in [5.74, 6) is -1.73. The number of allylic oxidation sites excluding steroid dienone is 2. The standard InChI is InChI=1S/C36H30N2O11S2/c1-10-7-12-16-17-19-22(21-18(16)23(27(40)30(12)47-4)25-13(29(21)46-3)8-51-34(38-25)36(44)45)32(49-6)33-26(37-14(9-50-33)35(42)43)24(19)28(41)31(48-5)20(17)15(10)11(2)39/h14,34,37-38H,7-9H2,1-6H3,(H,42,43)(H,44,45). The molecule has 0 saturated heterocycles. The van der Waals surface area contributed by atoms with E-state index in [0.29, 0.717) is 65.4 Å². The minimum absolute atomic E-state index is 0.00383. The molecule has 0 saturated carbocycles. The molecule has 13 nitrogen and oxygen atoms in total. The Morgan fingerprint density at radius 3 is 1.92 bits per heavy atom. The number of methoxy groups -OCH3 is 4. The number of rotatable bonds is 7. The average molecular weight is 731 g/mol. The van der Waals surface area contributed by atoms with Crippen LogP contribution in [0.2, 0.25) is 0 Å². The lowest BCUT2D eigenvalue weighted by atomic mass is 9.81. The lowest BCUT2D eigenvalue weighted by molar-refractivity contribution is -0.137. The summed E-state index contributed by atoms with van der Waals surface area (Å²) in [6, 6.07) is -1.04. The van der Waals surface area contributed by atoms with Gasteiger partial charge in [0.2, 0.25) is 10.9 Å². The van der Waals surface area contributed by atoms with Gasteiger partial charge in [0.25, 0.3) is 0 Å². The second-order valence-corrected chi connectivity index (χ2v) is 14.7. The molecule has 0 bridgehead atoms. The van der Waals surface area contributed by atoms with Gasteiger partial charge in [-0.2, -0.15) is 0 Å². The summed E-state index contributed by atoms with van der Waals surface area (Å²) in [7, 11) is 5.67. The van der Waals surface area contributed by atoms with E-state index in [4.69, 9.17) is 18.9 Å². The SMILES string of the molecule is COc1c2c3c4c(c(OC)c(=O)c5c6c(c(OC)c(c7c(OC)c8c(c(c1=O)c37)NC(C(=O)O)SC8)c54)SCC(C(=O)O)N6)C(C(C)=O)=C(C)C2. The fourth-order valence-electron chi connectivity index (χ4n) is 8.26. The zero-order valence-electron chi connectivity index (χ0n) is 28.2. The maximum Gasteiger partial charge on any atom is 0.336 e. The lowest BCUT2D eigenvalue weighted by Crippen LogP contribution is -2.35. The first-order valence-corrected chi connectivity index (χ1v) is 17.8. The molecule has 2 aliphatic heterocycles. The first-order valence-electron chi connectivity index (χ1n) is 15.8. The van der Waals surface area contributed by atoms with Crippen molar-refractivity contribution in [3.63, 3.8) is 0 Å². The molecule has 0 aromatic heterocycles. The van der Waals surface area contributed by atoms with E-state index in [-0.39, 0.29) is 68.5 Å². The van der Waals surface area contributed by atoms with Crippen molar-refractivity contribution in [2.45, 2.75) is 42.3 Å². The van der Waals surface area contributed by atoms with Crippen LogP contribution >= 0.6 is 23.5 Å². The molecule has 5 aromatic rings. The molecule has 0 amide bonds. The highest BCUT2D eigenvalue weighted by atomic mass is 32.2. The molecule has 262 valence electrons. The fourth-order valence-corrected chi connectivity index (χ4v) is 10.4. The summed E-state index contributed by atoms with van der Waals surface area (Å²) in [6.07, 6.45) is 0.0958. The normalized spacial score (nSPS) is 18.0. The second-order valence-electron chi connectivity index (χ2n) is 12.6. The number of hydrogen-bond donors (Lipinski definition) is 4. The molecule has 15 heteroatoms. The number of benzene rings is 5. The number of ether oxygens (including phenoxy) is 4. The Kier molecular flexibility index (Phi) is 7.40. The molecule has 2 heterocycles. The summed E-state index contributed by atoms with van der Waals surface area (Å²) in [4.78, 5) is 68.4. The summed E-state index contributed by atoms with van der Waals surface area (Å²) >= 11 is 2.33. The third kappa shape index (κ3) is 4.15. The fraction of sp³-hybridized carbons (Fsp3) is 0.306. The first-order chi connectivity index (χ1) is 24.4. The van der Waals surface area contributed by atoms with Gasteiger partial charge < -0.3 is 39.8 Å². The summed E-state index contributed by atoms with van der Waals surface area (Å²) in [5.41, 5.74) is 1.53. The largest absolute Gasteiger partial charge is 0.496 e. The molecule has 2 atom stereocenters. The van der Waals surface area contributed by atoms with E-state index in [9.17, 15) is 34.2 Å². The number of hydrogen-bond acceptors (Lipinski definition) is 13. The minimum Gasteiger partial charge on any atom is -0.496 e. The van der Waals surface area contributed by atoms with Crippen molar-refractivity contribution < 1.29 is 43.5 Å². The number of carbonyl (C=O) groups excluding carboxylic acids is 1. The van der Waals surface area contributed by atoms with Crippen LogP contribution in [0.5, 0.6) is 23.0 Å². The molecule has 2 unspecified atom stereocenters. The van der Waals surface area contributed by atoms with Gasteiger partial charge in [0, 0.05) is 60.7 Å². The number of carboxylic acids is 2. The van der Waals surface area contributed by atoms with Crippen LogP contribution < -0.4 is 40.4 Å². The maximum absolute atomic E-state index is 14.9. The van der Waals surface area contributed by atoms with E-state index in [1.54, 1.807) is 6.92 Å². The third-order valence-corrected chi connectivity index (χ3v) is 12.4. The van der Waals surface area contributed by atoms with Gasteiger partial charge in [0.15, 0.2) is 22.7 Å². The smallest absolute Gasteiger partial charge is 0.336 e. The van der Waals surface area contributed by atoms with Crippen LogP contribution in [0.4, 0.5) is 11.4 Å². The van der Waals surface area contributed by atoms with Gasteiger partial charge in [0.05, 0.1) is 55.5 Å². The van der Waals surface area contributed by atoms with E-state index in [1.807, 2.05) is 0 Å². The van der Waals surface area contributed by atoms with Gasteiger partial charge in [-0.25, -0.2) is 9.59 Å². The number of aliphatic carboxylic acids is 2. The number of thioether (sulfide) groups is 2. The van der Waals surface area contributed by atoms with Crippen LogP contribution in [0.15, 0.2) is 20.1 Å². The number of carbonyl (C=O) groups is 3. The Labute approximate surface area is 296 Å². The van der Waals surface area contributed by atoms with Gasteiger partial charge in [-0.15, -0.1) is 23.5 Å². The molecule has 1 aliphatic carbocycles. The number of anilines is 2. The quantitative estimate of drug-likeness (QED) is 0.131. The predicted octanol–water partition coefficient (Wildman–Crippen LogP) is 4.89. The Balaban J connectivity index is 1.80. The van der Waals surface area contributed by atoms with Crippen LogP contribution in [0.3, 0.4) is 0 Å². The van der Waals surface area contributed by atoms with Gasteiger partial charge in [-0.05, 0) is 25.7 Å². The Hall–Kier alpha value is -5.15. The Bertz CT molecular complexity index is 2620. The van der Waals surface area contributed by atoms with Crippen LogP contribution in [-0.4, -0.2) is 73.5 Å². The number of Topliss-reactive ketones (excluding diaryl/α,β-unsaturated/α-hetero) is 1. The van der Waals surface area contributed by atoms with Crippen molar-refractivity contribution in [2.24, 2.45) is 0 Å². The van der Waals surface area contributed by atoms with E-state index < -0.39 is 34.2 Å². The lowest BCUT2D eigenvalue weighted by Gasteiger charge is -2.32. The number of ketones is 1. The van der Waals surface area contributed by atoms with Crippen molar-refractivity contribution >= 4 is 101 Å². The maximum atomic E-state index is 14.9. The molecule has 4 N–H and O–H groups in total. The highest BCUT2D eigenvalue weighted by Gasteiger charge is 2.40. The molecule has 51 heavy (non-hydrogen) atoms. The van der Waals surface area contributed by atoms with Gasteiger partial charge >= 0.3 is 11.9 Å². The molecule has 0 radical (unpaired) electrons. The topological polar surface area (TPSA) is 187 Å². The highest BCUT2D eigenvalue weighted by Crippen LogP contribution is 2.60. The summed E-state index contributed by atoms with van der Waals surface area (Å²) in [6.45, 7) is 3.15. The number of fused-ring (bicyclic) bond motifs is 5. The molecule has 0 fully saturated rings. The van der Waals surface area contributed by atoms with Crippen LogP contribution in [0, 0.1) is 0 Å². The van der Waals surface area contributed by atoms with Crippen molar-refractivity contribution in [3.05, 3.63) is 42.7 Å². The van der Waals surface area contributed by atoms with E-state index in [1.165, 1.54) is 47.1 Å². The van der Waals surface area contributed by atoms with E-state index in [0.717, 1.165) is 11.8 Å². The van der Waals surface area contributed by atoms with Crippen molar-refractivity contribution in [3.8, 4) is 23.0 Å². The Morgan fingerprint density at radius 1 is 0.706 bits per heavy atom. The Morgan fingerprint density at radius 2 is 1.31 bits per heavy atom. The van der Waals surface area contributed by atoms with Crippen molar-refractivity contribution in [1.82, 2.24) is 0 Å². The second kappa shape index (κ2) is 11.4. The first kappa shape index (κ1) is 33.0. The summed E-state index contributed by atoms with van der Waals surface area (Å²) < 4.78 is 24.1. The van der Waals surface area contributed by atoms with Crippen LogP contribution in [0.1, 0.15) is 30.5 Å². The van der Waals surface area contributed by atoms with Gasteiger partial charge in [-0.1, -0.05) is 5.57 Å². The summed E-state index contributed by atoms with van der Waals surface area (Å²) in [5, 5.41) is 28.0. The zero-order valence-corrected chi connectivity index (χ0v) is 29.8. The van der Waals surface area contributed by atoms with Crippen molar-refractivity contribution in [1.29, 1.82) is 0 Å². The third-order valence-electron chi connectivity index (χ3n) is 10.1. The molecule has 5 aromatic carbocycles. The predicted molar refractivity (Wildman–Crippen MR) is 197 cm³/mol. The molecular formula is C36H30N2O11S2. The van der Waals surface area contributed by atoms with Crippen molar-refractivity contribution in [2.75, 3.05) is 44.8 Å². The molecule has 0 spiro atoms. The van der Waals surface area contributed by atoms with Gasteiger partial charge in [-0.3, -0.25) is 14.4 Å². The zero-order chi connectivity index (χ0) is 36.4. The molecule has 8 rings (SSSR count).